The van der Waals surface area contributed by atoms with Crippen LogP contribution in [0.3, 0.4) is 0 Å². The fraction of sp³-hybridized carbons (Fsp3) is 0.692. The van der Waals surface area contributed by atoms with Gasteiger partial charge in [-0.05, 0) is 76.8 Å². The van der Waals surface area contributed by atoms with Crippen molar-refractivity contribution in [3.8, 4) is 11.5 Å². The highest BCUT2D eigenvalue weighted by atomic mass is 16.4. The van der Waals surface area contributed by atoms with E-state index in [1.165, 1.54) is 0 Å². The number of aliphatic carboxylic acids is 2. The molecule has 0 radical (unpaired) electrons. The number of phenols is 2. The van der Waals surface area contributed by atoms with Gasteiger partial charge in [-0.3, -0.25) is 9.59 Å². The maximum atomic E-state index is 11.2. The van der Waals surface area contributed by atoms with Crippen LogP contribution in [0.2, 0.25) is 0 Å². The Bertz CT molecular complexity index is 779. The van der Waals surface area contributed by atoms with E-state index in [1.807, 2.05) is 6.07 Å². The van der Waals surface area contributed by atoms with Gasteiger partial charge in [0.25, 0.3) is 0 Å². The predicted octanol–water partition coefficient (Wildman–Crippen LogP) is 6.06. The van der Waals surface area contributed by atoms with Crippen molar-refractivity contribution in [2.75, 3.05) is 0 Å². The fourth-order valence-corrected chi connectivity index (χ4v) is 4.36. The van der Waals surface area contributed by atoms with Crippen molar-refractivity contribution in [3.63, 3.8) is 0 Å². The van der Waals surface area contributed by atoms with Crippen molar-refractivity contribution >= 4 is 11.9 Å². The number of unbranched alkanes of at least 4 members (excludes halogenated alkanes) is 6. The minimum Gasteiger partial charge on any atom is -0.504 e. The van der Waals surface area contributed by atoms with Crippen LogP contribution in [0, 0.1) is 10.8 Å². The van der Waals surface area contributed by atoms with E-state index < -0.39 is 22.8 Å². The van der Waals surface area contributed by atoms with Crippen LogP contribution < -0.4 is 0 Å². The first-order chi connectivity index (χ1) is 15.1. The second kappa shape index (κ2) is 11.6. The van der Waals surface area contributed by atoms with E-state index in [-0.39, 0.29) is 11.5 Å². The predicted molar refractivity (Wildman–Crippen MR) is 124 cm³/mol. The molecule has 0 saturated heterocycles. The molecule has 32 heavy (non-hydrogen) atoms. The summed E-state index contributed by atoms with van der Waals surface area (Å²) in [5.41, 5.74) is 0.762. The highest BCUT2D eigenvalue weighted by Gasteiger charge is 2.49. The van der Waals surface area contributed by atoms with E-state index in [0.29, 0.717) is 12.8 Å². The van der Waals surface area contributed by atoms with Crippen LogP contribution >= 0.6 is 0 Å². The van der Waals surface area contributed by atoms with Crippen LogP contribution in [0.15, 0.2) is 12.1 Å². The lowest BCUT2D eigenvalue weighted by atomic mass is 9.87. The van der Waals surface area contributed by atoms with Gasteiger partial charge in [0.05, 0.1) is 10.8 Å². The van der Waals surface area contributed by atoms with Crippen LogP contribution in [0.4, 0.5) is 0 Å². The number of phenolic OH excluding ortho intramolecular Hbond substituents is 2. The summed E-state index contributed by atoms with van der Waals surface area (Å²) in [5.74, 6) is -1.52. The van der Waals surface area contributed by atoms with Gasteiger partial charge >= 0.3 is 11.9 Å². The number of aryl methyl sites for hydroxylation is 1. The van der Waals surface area contributed by atoms with Gasteiger partial charge in [-0.2, -0.15) is 0 Å². The van der Waals surface area contributed by atoms with Gasteiger partial charge in [-0.25, -0.2) is 0 Å². The Balaban J connectivity index is 1.72. The summed E-state index contributed by atoms with van der Waals surface area (Å²) in [6, 6.07) is 3.44. The molecular formula is C26H40O6. The Morgan fingerprint density at radius 2 is 1.47 bits per heavy atom. The first-order valence-corrected chi connectivity index (χ1v) is 12.1. The molecule has 0 atom stereocenters. The van der Waals surface area contributed by atoms with Gasteiger partial charge in [-0.1, -0.05) is 44.6 Å². The molecular weight excluding hydrogens is 408 g/mol. The van der Waals surface area contributed by atoms with E-state index in [4.69, 9.17) is 0 Å². The largest absolute Gasteiger partial charge is 0.504 e. The highest BCUT2D eigenvalue weighted by molar-refractivity contribution is 5.77. The standard InChI is InChI=1S/C26H40O6/c1-25(2,23(29)30)15-9-5-4-8-12-20-19(13-14-21(27)22(20)28)11-7-3-6-10-16-26(17-18-26)24(31)32/h13-14,27-28H,3-12,15-18H2,1-2H3,(H,29,30)(H,31,32). The van der Waals surface area contributed by atoms with Crippen molar-refractivity contribution < 1.29 is 30.0 Å². The number of carboxylic acids is 2. The van der Waals surface area contributed by atoms with Crippen LogP contribution in [0.25, 0.3) is 0 Å². The smallest absolute Gasteiger partial charge is 0.309 e. The highest BCUT2D eigenvalue weighted by Crippen LogP contribution is 2.50. The summed E-state index contributed by atoms with van der Waals surface area (Å²) >= 11 is 0. The van der Waals surface area contributed by atoms with Gasteiger partial charge in [0.15, 0.2) is 11.5 Å². The second-order valence-corrected chi connectivity index (χ2v) is 10.2. The van der Waals surface area contributed by atoms with Crippen LogP contribution in [-0.4, -0.2) is 32.4 Å². The summed E-state index contributed by atoms with van der Waals surface area (Å²) in [5, 5.41) is 38.7. The Morgan fingerprint density at radius 1 is 0.875 bits per heavy atom. The van der Waals surface area contributed by atoms with E-state index in [0.717, 1.165) is 88.2 Å². The Labute approximate surface area is 191 Å². The molecule has 0 unspecified atom stereocenters. The van der Waals surface area contributed by atoms with Crippen LogP contribution in [-0.2, 0) is 22.4 Å². The summed E-state index contributed by atoms with van der Waals surface area (Å²) < 4.78 is 0. The van der Waals surface area contributed by atoms with E-state index >= 15 is 0 Å². The van der Waals surface area contributed by atoms with Gasteiger partial charge in [-0.15, -0.1) is 0 Å². The zero-order valence-electron chi connectivity index (χ0n) is 19.7. The number of hydrogen-bond donors (Lipinski definition) is 4. The molecule has 1 aliphatic carbocycles. The molecule has 0 bridgehead atoms. The molecule has 0 amide bonds. The van der Waals surface area contributed by atoms with Crippen molar-refractivity contribution in [1.82, 2.24) is 0 Å². The second-order valence-electron chi connectivity index (χ2n) is 10.2. The number of carbonyl (C=O) groups is 2. The third-order valence-electron chi connectivity index (χ3n) is 7.07. The number of hydrogen-bond acceptors (Lipinski definition) is 4. The average Bonchev–Trinajstić information content (AvgIpc) is 3.52. The molecule has 1 saturated carbocycles. The molecule has 2 rings (SSSR count). The molecule has 1 aliphatic rings. The van der Waals surface area contributed by atoms with Gasteiger partial charge < -0.3 is 20.4 Å². The van der Waals surface area contributed by atoms with Gasteiger partial charge in [0, 0.05) is 5.56 Å². The van der Waals surface area contributed by atoms with Crippen molar-refractivity contribution in [2.45, 2.75) is 104 Å². The minimum atomic E-state index is -0.763. The Kier molecular flexibility index (Phi) is 9.41. The third-order valence-corrected chi connectivity index (χ3v) is 7.07. The average molecular weight is 449 g/mol. The lowest BCUT2D eigenvalue weighted by molar-refractivity contribution is -0.147. The first kappa shape index (κ1) is 26.0. The molecule has 180 valence electrons. The Morgan fingerprint density at radius 3 is 2.06 bits per heavy atom. The Hall–Kier alpha value is -2.24. The molecule has 0 spiro atoms. The van der Waals surface area contributed by atoms with Crippen molar-refractivity contribution in [1.29, 1.82) is 0 Å². The number of benzene rings is 1. The van der Waals surface area contributed by atoms with E-state index in [2.05, 4.69) is 0 Å². The van der Waals surface area contributed by atoms with E-state index in [1.54, 1.807) is 19.9 Å². The van der Waals surface area contributed by atoms with Crippen LogP contribution in [0.1, 0.15) is 102 Å². The maximum absolute atomic E-state index is 11.2. The lowest BCUT2D eigenvalue weighted by Crippen LogP contribution is -2.23. The summed E-state index contributed by atoms with van der Waals surface area (Å²) in [6.45, 7) is 3.51. The summed E-state index contributed by atoms with van der Waals surface area (Å²) in [4.78, 5) is 22.4. The third kappa shape index (κ3) is 7.42. The zero-order chi connectivity index (χ0) is 23.8. The van der Waals surface area contributed by atoms with Crippen molar-refractivity contribution in [2.24, 2.45) is 10.8 Å². The van der Waals surface area contributed by atoms with Gasteiger partial charge in [0.1, 0.15) is 0 Å². The topological polar surface area (TPSA) is 115 Å². The zero-order valence-corrected chi connectivity index (χ0v) is 19.7. The molecule has 1 aromatic carbocycles. The van der Waals surface area contributed by atoms with Crippen molar-refractivity contribution in [3.05, 3.63) is 23.3 Å². The number of carboxylic acid groups (broad SMARTS) is 2. The molecule has 4 N–H and O–H groups in total. The molecule has 1 aromatic rings. The maximum Gasteiger partial charge on any atom is 0.309 e. The molecule has 6 heteroatoms. The quantitative estimate of drug-likeness (QED) is 0.180. The monoisotopic (exact) mass is 448 g/mol. The van der Waals surface area contributed by atoms with Crippen LogP contribution in [0.5, 0.6) is 11.5 Å². The number of rotatable bonds is 16. The number of aromatic hydroxyl groups is 2. The lowest BCUT2D eigenvalue weighted by Gasteiger charge is -2.18. The minimum absolute atomic E-state index is 0.0216. The van der Waals surface area contributed by atoms with Gasteiger partial charge in [0.2, 0.25) is 0 Å². The first-order valence-electron chi connectivity index (χ1n) is 12.1. The molecule has 0 aliphatic heterocycles. The molecule has 0 aromatic heterocycles. The molecule has 6 nitrogen and oxygen atoms in total. The molecule has 1 fully saturated rings. The molecule has 0 heterocycles. The fourth-order valence-electron chi connectivity index (χ4n) is 4.36. The SMILES string of the molecule is CC(C)(CCCCCCc1c(CCCCCCC2(C(=O)O)CC2)ccc(O)c1O)C(=O)O. The normalized spacial score (nSPS) is 14.9. The van der Waals surface area contributed by atoms with E-state index in [9.17, 15) is 30.0 Å². The summed E-state index contributed by atoms with van der Waals surface area (Å²) in [7, 11) is 0. The summed E-state index contributed by atoms with van der Waals surface area (Å²) in [6.07, 6.45) is 12.2.